The van der Waals surface area contributed by atoms with Crippen molar-refractivity contribution in [2.24, 2.45) is 0 Å². The average molecular weight is 254 g/mol. The van der Waals surface area contributed by atoms with E-state index >= 15 is 0 Å². The predicted octanol–water partition coefficient (Wildman–Crippen LogP) is 2.00. The van der Waals surface area contributed by atoms with Gasteiger partial charge in [-0.3, -0.25) is 0 Å². The Hall–Kier alpha value is -0.100. The smallest absolute Gasteiger partial charge is 0.206 e. The fourth-order valence-corrected chi connectivity index (χ4v) is 3.71. The number of sulfonamides is 1. The summed E-state index contributed by atoms with van der Waals surface area (Å²) in [7, 11) is -1.80. The van der Waals surface area contributed by atoms with Crippen molar-refractivity contribution < 1.29 is 8.42 Å². The summed E-state index contributed by atoms with van der Waals surface area (Å²) in [6.45, 7) is 1.78. The molecule has 0 N–H and O–H groups in total. The maximum absolute atomic E-state index is 11.9. The lowest BCUT2D eigenvalue weighted by Gasteiger charge is -2.21. The van der Waals surface area contributed by atoms with Gasteiger partial charge in [-0.1, -0.05) is 6.07 Å². The van der Waals surface area contributed by atoms with E-state index in [2.05, 4.69) is 0 Å². The zero-order chi connectivity index (χ0) is 10.8. The van der Waals surface area contributed by atoms with Crippen molar-refractivity contribution in [1.82, 2.24) is 4.31 Å². The molecular weight excluding hydrogens is 242 g/mol. The first-order chi connectivity index (χ1) is 6.50. The van der Waals surface area contributed by atoms with Crippen LogP contribution in [0.1, 0.15) is 6.92 Å². The van der Waals surface area contributed by atoms with Crippen LogP contribution in [-0.2, 0) is 10.0 Å². The molecule has 1 atom stereocenters. The zero-order valence-electron chi connectivity index (χ0n) is 7.97. The predicted molar refractivity (Wildman–Crippen MR) is 59.4 cm³/mol. The first kappa shape index (κ1) is 12.0. The monoisotopic (exact) mass is 253 g/mol. The molecule has 0 aromatic carbocycles. The lowest BCUT2D eigenvalue weighted by molar-refractivity contribution is 0.415. The first-order valence-electron chi connectivity index (χ1n) is 4.07. The van der Waals surface area contributed by atoms with E-state index in [-0.39, 0.29) is 6.04 Å². The van der Waals surface area contributed by atoms with E-state index < -0.39 is 10.0 Å². The van der Waals surface area contributed by atoms with E-state index in [0.717, 1.165) is 0 Å². The molecule has 80 valence electrons. The average Bonchev–Trinajstić information content (AvgIpc) is 2.68. The maximum Gasteiger partial charge on any atom is 0.252 e. The van der Waals surface area contributed by atoms with Crippen LogP contribution in [-0.4, -0.2) is 31.7 Å². The standard InChI is InChI=1S/C8H12ClNO2S2/c1-7(6-9)10(2)14(11,12)8-4-3-5-13-8/h3-5,7H,6H2,1-2H3. The van der Waals surface area contributed by atoms with Gasteiger partial charge >= 0.3 is 0 Å². The Kier molecular flexibility index (Phi) is 3.94. The SMILES string of the molecule is CC(CCl)N(C)S(=O)(=O)c1cccs1. The van der Waals surface area contributed by atoms with E-state index in [9.17, 15) is 8.42 Å². The number of hydrogen-bond acceptors (Lipinski definition) is 3. The summed E-state index contributed by atoms with van der Waals surface area (Å²) >= 11 is 6.82. The van der Waals surface area contributed by atoms with Gasteiger partial charge in [-0.05, 0) is 18.4 Å². The molecule has 0 aliphatic heterocycles. The number of nitrogens with zero attached hydrogens (tertiary/aromatic N) is 1. The number of thiophene rings is 1. The molecule has 1 aromatic heterocycles. The second-order valence-electron chi connectivity index (χ2n) is 2.96. The van der Waals surface area contributed by atoms with Gasteiger partial charge in [-0.15, -0.1) is 22.9 Å². The largest absolute Gasteiger partial charge is 0.252 e. The fraction of sp³-hybridized carbons (Fsp3) is 0.500. The van der Waals surface area contributed by atoms with Crippen molar-refractivity contribution in [3.8, 4) is 0 Å². The van der Waals surface area contributed by atoms with Crippen LogP contribution >= 0.6 is 22.9 Å². The summed E-state index contributed by atoms with van der Waals surface area (Å²) in [6, 6.07) is 3.12. The van der Waals surface area contributed by atoms with E-state index in [1.807, 2.05) is 0 Å². The van der Waals surface area contributed by atoms with Gasteiger partial charge in [-0.2, -0.15) is 4.31 Å². The van der Waals surface area contributed by atoms with Gasteiger partial charge < -0.3 is 0 Å². The molecule has 0 aliphatic rings. The highest BCUT2D eigenvalue weighted by atomic mass is 35.5. The number of alkyl halides is 1. The van der Waals surface area contributed by atoms with Crippen molar-refractivity contribution in [3.63, 3.8) is 0 Å². The van der Waals surface area contributed by atoms with Gasteiger partial charge in [0.05, 0.1) is 0 Å². The van der Waals surface area contributed by atoms with Crippen LogP contribution in [0.2, 0.25) is 0 Å². The van der Waals surface area contributed by atoms with Crippen LogP contribution < -0.4 is 0 Å². The number of hydrogen-bond donors (Lipinski definition) is 0. The van der Waals surface area contributed by atoms with Crippen molar-refractivity contribution in [2.45, 2.75) is 17.2 Å². The molecule has 6 heteroatoms. The molecular formula is C8H12ClNO2S2. The normalized spacial score (nSPS) is 14.6. The summed E-state index contributed by atoms with van der Waals surface area (Å²) < 4.78 is 25.4. The van der Waals surface area contributed by atoms with Crippen LogP contribution in [0.4, 0.5) is 0 Å². The van der Waals surface area contributed by atoms with E-state index in [1.54, 1.807) is 31.5 Å². The topological polar surface area (TPSA) is 37.4 Å². The molecule has 1 heterocycles. The Labute approximate surface area is 93.4 Å². The van der Waals surface area contributed by atoms with Gasteiger partial charge in [0.2, 0.25) is 0 Å². The molecule has 1 rings (SSSR count). The molecule has 0 bridgehead atoms. The molecule has 1 unspecified atom stereocenters. The molecule has 14 heavy (non-hydrogen) atoms. The highest BCUT2D eigenvalue weighted by Gasteiger charge is 2.25. The quantitative estimate of drug-likeness (QED) is 0.770. The van der Waals surface area contributed by atoms with Crippen molar-refractivity contribution in [2.75, 3.05) is 12.9 Å². The summed E-state index contributed by atoms with van der Waals surface area (Å²) in [5, 5.41) is 1.74. The van der Waals surface area contributed by atoms with Crippen molar-refractivity contribution in [3.05, 3.63) is 17.5 Å². The van der Waals surface area contributed by atoms with E-state index in [1.165, 1.54) is 15.6 Å². The minimum absolute atomic E-state index is 0.191. The molecule has 0 fully saturated rings. The third-order valence-corrected chi connectivity index (χ3v) is 5.76. The van der Waals surface area contributed by atoms with E-state index in [0.29, 0.717) is 10.1 Å². The Morgan fingerprint density at radius 1 is 1.64 bits per heavy atom. The molecule has 0 spiro atoms. The lowest BCUT2D eigenvalue weighted by Crippen LogP contribution is -2.35. The Morgan fingerprint density at radius 2 is 2.29 bits per heavy atom. The molecule has 0 saturated carbocycles. The minimum Gasteiger partial charge on any atom is -0.206 e. The number of halogens is 1. The van der Waals surface area contributed by atoms with Gasteiger partial charge in [0.25, 0.3) is 10.0 Å². The van der Waals surface area contributed by atoms with Crippen LogP contribution in [0, 0.1) is 0 Å². The maximum atomic E-state index is 11.9. The molecule has 1 aromatic rings. The third kappa shape index (κ3) is 2.28. The van der Waals surface area contributed by atoms with Gasteiger partial charge in [0.15, 0.2) is 0 Å². The molecule has 3 nitrogen and oxygen atoms in total. The van der Waals surface area contributed by atoms with Crippen LogP contribution in [0.15, 0.2) is 21.7 Å². The van der Waals surface area contributed by atoms with Crippen LogP contribution in [0.25, 0.3) is 0 Å². The Morgan fingerprint density at radius 3 is 2.71 bits per heavy atom. The summed E-state index contributed by atoms with van der Waals surface area (Å²) in [5.74, 6) is 0.293. The van der Waals surface area contributed by atoms with E-state index in [4.69, 9.17) is 11.6 Å². The molecule has 0 radical (unpaired) electrons. The summed E-state index contributed by atoms with van der Waals surface area (Å²) in [4.78, 5) is 0. The Balaban J connectivity index is 2.97. The highest BCUT2D eigenvalue weighted by molar-refractivity contribution is 7.91. The van der Waals surface area contributed by atoms with Crippen molar-refractivity contribution in [1.29, 1.82) is 0 Å². The molecule has 0 saturated heterocycles. The van der Waals surface area contributed by atoms with Crippen molar-refractivity contribution >= 4 is 33.0 Å². The Bertz CT molecular complexity index is 374. The van der Waals surface area contributed by atoms with Gasteiger partial charge in [0, 0.05) is 19.0 Å². The highest BCUT2D eigenvalue weighted by Crippen LogP contribution is 2.21. The van der Waals surface area contributed by atoms with Crippen LogP contribution in [0.5, 0.6) is 0 Å². The fourth-order valence-electron chi connectivity index (χ4n) is 0.886. The lowest BCUT2D eigenvalue weighted by atomic mass is 10.4. The molecule has 0 aliphatic carbocycles. The second kappa shape index (κ2) is 4.61. The van der Waals surface area contributed by atoms with Crippen LogP contribution in [0.3, 0.4) is 0 Å². The third-order valence-electron chi connectivity index (χ3n) is 1.97. The summed E-state index contributed by atoms with van der Waals surface area (Å²) in [5.41, 5.74) is 0. The zero-order valence-corrected chi connectivity index (χ0v) is 10.4. The number of rotatable bonds is 4. The first-order valence-corrected chi connectivity index (χ1v) is 6.93. The summed E-state index contributed by atoms with van der Waals surface area (Å²) in [6.07, 6.45) is 0. The van der Waals surface area contributed by atoms with Gasteiger partial charge in [0.1, 0.15) is 4.21 Å². The molecule has 0 amide bonds. The minimum atomic E-state index is -3.34. The van der Waals surface area contributed by atoms with Gasteiger partial charge in [-0.25, -0.2) is 8.42 Å². The second-order valence-corrected chi connectivity index (χ2v) is 6.44.